The fourth-order valence-corrected chi connectivity index (χ4v) is 1.97. The molecule has 1 aromatic rings. The summed E-state index contributed by atoms with van der Waals surface area (Å²) in [6.45, 7) is 1.22. The highest BCUT2D eigenvalue weighted by molar-refractivity contribution is 5.69. The Labute approximate surface area is 110 Å². The van der Waals surface area contributed by atoms with Crippen LogP contribution in [0.5, 0.6) is 5.75 Å². The van der Waals surface area contributed by atoms with Crippen LogP contribution in [-0.2, 0) is 10.3 Å². The topological polar surface area (TPSA) is 58.6 Å². The van der Waals surface area contributed by atoms with Crippen molar-refractivity contribution in [3.8, 4) is 5.75 Å². The summed E-state index contributed by atoms with van der Waals surface area (Å²) in [6.07, 6.45) is -0.154. The molecule has 0 aliphatic carbocycles. The van der Waals surface area contributed by atoms with Gasteiger partial charge in [-0.1, -0.05) is 19.1 Å². The van der Waals surface area contributed by atoms with E-state index < -0.39 is 18.1 Å². The third-order valence-electron chi connectivity index (χ3n) is 2.77. The second-order valence-electron chi connectivity index (χ2n) is 4.34. The Morgan fingerprint density at radius 1 is 1.53 bits per heavy atom. The van der Waals surface area contributed by atoms with E-state index in [0.717, 1.165) is 0 Å². The van der Waals surface area contributed by atoms with E-state index in [4.69, 9.17) is 5.11 Å². The number of alkyl halides is 2. The van der Waals surface area contributed by atoms with Crippen molar-refractivity contribution in [2.24, 2.45) is 0 Å². The lowest BCUT2D eigenvalue weighted by atomic mass is 9.88. The van der Waals surface area contributed by atoms with Gasteiger partial charge in [0, 0.05) is 0 Å². The Morgan fingerprint density at radius 2 is 2.21 bits per heavy atom. The molecule has 6 heteroatoms. The van der Waals surface area contributed by atoms with Gasteiger partial charge in [0.25, 0.3) is 0 Å². The van der Waals surface area contributed by atoms with Gasteiger partial charge in [0.1, 0.15) is 5.75 Å². The highest BCUT2D eigenvalue weighted by Crippen LogP contribution is 2.28. The van der Waals surface area contributed by atoms with Crippen molar-refractivity contribution in [1.29, 1.82) is 0 Å². The molecule has 0 spiro atoms. The summed E-state index contributed by atoms with van der Waals surface area (Å²) in [5, 5.41) is 12.0. The molecule has 0 fully saturated rings. The molecule has 106 valence electrons. The van der Waals surface area contributed by atoms with Crippen molar-refractivity contribution in [3.63, 3.8) is 0 Å². The number of benzene rings is 1. The molecule has 0 aliphatic rings. The third-order valence-corrected chi connectivity index (χ3v) is 2.77. The summed E-state index contributed by atoms with van der Waals surface area (Å²) in [5.41, 5.74) is -0.239. The van der Waals surface area contributed by atoms with Crippen molar-refractivity contribution in [2.75, 3.05) is 6.54 Å². The highest BCUT2D eigenvalue weighted by atomic mass is 19.3. The van der Waals surface area contributed by atoms with Crippen molar-refractivity contribution < 1.29 is 23.4 Å². The van der Waals surface area contributed by atoms with Gasteiger partial charge in [0.05, 0.1) is 12.0 Å². The van der Waals surface area contributed by atoms with E-state index in [9.17, 15) is 13.6 Å². The molecule has 2 N–H and O–H groups in total. The normalized spacial score (nSPS) is 14.2. The van der Waals surface area contributed by atoms with Gasteiger partial charge in [-0.25, -0.2) is 0 Å². The van der Waals surface area contributed by atoms with Crippen molar-refractivity contribution in [1.82, 2.24) is 5.32 Å². The van der Waals surface area contributed by atoms with E-state index in [1.165, 1.54) is 12.1 Å². The van der Waals surface area contributed by atoms with Crippen molar-refractivity contribution in [2.45, 2.75) is 32.4 Å². The van der Waals surface area contributed by atoms with Gasteiger partial charge in [-0.2, -0.15) is 8.78 Å². The quantitative estimate of drug-likeness (QED) is 0.801. The predicted molar refractivity (Wildman–Crippen MR) is 66.4 cm³/mol. The van der Waals surface area contributed by atoms with Crippen LogP contribution in [0.4, 0.5) is 8.78 Å². The smallest absolute Gasteiger partial charge is 0.387 e. The van der Waals surface area contributed by atoms with Crippen LogP contribution in [0.15, 0.2) is 24.3 Å². The van der Waals surface area contributed by atoms with Crippen molar-refractivity contribution >= 4 is 5.97 Å². The summed E-state index contributed by atoms with van der Waals surface area (Å²) in [7, 11) is 0. The number of hydrogen-bond donors (Lipinski definition) is 2. The van der Waals surface area contributed by atoms with E-state index in [1.807, 2.05) is 6.92 Å². The number of ether oxygens (including phenoxy) is 1. The molecule has 1 unspecified atom stereocenters. The molecule has 0 saturated heterocycles. The number of carbonyl (C=O) groups is 1. The molecular formula is C13H17F2NO3. The minimum atomic E-state index is -2.90. The number of hydrogen-bond acceptors (Lipinski definition) is 3. The first-order valence-corrected chi connectivity index (χ1v) is 5.89. The summed E-state index contributed by atoms with van der Waals surface area (Å²) in [6, 6.07) is 6.08. The molecule has 0 amide bonds. The molecule has 0 aromatic heterocycles. The van der Waals surface area contributed by atoms with E-state index in [-0.39, 0.29) is 12.2 Å². The van der Waals surface area contributed by atoms with Gasteiger partial charge in [-0.15, -0.1) is 0 Å². The van der Waals surface area contributed by atoms with Crippen LogP contribution < -0.4 is 10.1 Å². The molecular weight excluding hydrogens is 256 g/mol. The molecule has 0 bridgehead atoms. The number of carboxylic acids is 1. The maximum Gasteiger partial charge on any atom is 0.387 e. The van der Waals surface area contributed by atoms with Gasteiger partial charge >= 0.3 is 12.6 Å². The fraction of sp³-hybridized carbons (Fsp3) is 0.462. The first kappa shape index (κ1) is 15.4. The van der Waals surface area contributed by atoms with Crippen LogP contribution in [0.25, 0.3) is 0 Å². The van der Waals surface area contributed by atoms with Crippen molar-refractivity contribution in [3.05, 3.63) is 29.8 Å². The van der Waals surface area contributed by atoms with Crippen LogP contribution >= 0.6 is 0 Å². The molecule has 1 atom stereocenters. The summed E-state index contributed by atoms with van der Waals surface area (Å²) in [4.78, 5) is 10.9. The fourth-order valence-electron chi connectivity index (χ4n) is 1.97. The molecule has 0 aliphatic heterocycles. The van der Waals surface area contributed by atoms with Crippen LogP contribution in [0.3, 0.4) is 0 Å². The average molecular weight is 273 g/mol. The lowest BCUT2D eigenvalue weighted by Gasteiger charge is -2.30. The van der Waals surface area contributed by atoms with Crippen LogP contribution in [0.2, 0.25) is 0 Å². The van der Waals surface area contributed by atoms with E-state index >= 15 is 0 Å². The van der Waals surface area contributed by atoms with Crippen LogP contribution in [0, 0.1) is 0 Å². The van der Waals surface area contributed by atoms with Gasteiger partial charge in [0.2, 0.25) is 0 Å². The standard InChI is InChI=1S/C13H17F2NO3/c1-3-16-13(2,8-11(17)18)9-5-4-6-10(7-9)19-12(14)15/h4-7,12,16H,3,8H2,1-2H3,(H,17,18). The highest BCUT2D eigenvalue weighted by Gasteiger charge is 2.29. The van der Waals surface area contributed by atoms with Gasteiger partial charge in [-0.05, 0) is 31.2 Å². The van der Waals surface area contributed by atoms with Crippen LogP contribution in [-0.4, -0.2) is 24.2 Å². The molecule has 1 aromatic carbocycles. The predicted octanol–water partition coefficient (Wildman–Crippen LogP) is 2.59. The molecule has 4 nitrogen and oxygen atoms in total. The summed E-state index contributed by atoms with van der Waals surface area (Å²) in [5.74, 6) is -0.953. The molecule has 0 saturated carbocycles. The molecule has 19 heavy (non-hydrogen) atoms. The second-order valence-corrected chi connectivity index (χ2v) is 4.34. The number of carboxylic acid groups (broad SMARTS) is 1. The van der Waals surface area contributed by atoms with Crippen LogP contribution in [0.1, 0.15) is 25.8 Å². The maximum atomic E-state index is 12.2. The second kappa shape index (κ2) is 6.47. The van der Waals surface area contributed by atoms with E-state index in [0.29, 0.717) is 12.1 Å². The number of aliphatic carboxylic acids is 1. The zero-order chi connectivity index (χ0) is 14.5. The lowest BCUT2D eigenvalue weighted by Crippen LogP contribution is -2.41. The van der Waals surface area contributed by atoms with E-state index in [1.54, 1.807) is 19.1 Å². The minimum Gasteiger partial charge on any atom is -0.481 e. The Morgan fingerprint density at radius 3 is 2.74 bits per heavy atom. The van der Waals surface area contributed by atoms with Gasteiger partial charge in [0.15, 0.2) is 0 Å². The number of halogens is 2. The Hall–Kier alpha value is -1.69. The van der Waals surface area contributed by atoms with Gasteiger partial charge < -0.3 is 15.2 Å². The minimum absolute atomic E-state index is 0.0158. The number of nitrogens with one attached hydrogen (secondary N) is 1. The summed E-state index contributed by atoms with van der Waals surface area (Å²) < 4.78 is 28.7. The first-order valence-electron chi connectivity index (χ1n) is 5.89. The van der Waals surface area contributed by atoms with Gasteiger partial charge in [-0.3, -0.25) is 4.79 Å². The summed E-state index contributed by atoms with van der Waals surface area (Å²) >= 11 is 0. The monoisotopic (exact) mass is 273 g/mol. The average Bonchev–Trinajstić information content (AvgIpc) is 2.27. The largest absolute Gasteiger partial charge is 0.481 e. The third kappa shape index (κ3) is 4.48. The number of rotatable bonds is 7. The Bertz CT molecular complexity index is 440. The molecule has 0 radical (unpaired) electrons. The molecule has 0 heterocycles. The Kier molecular flexibility index (Phi) is 5.23. The maximum absolute atomic E-state index is 12.2. The molecule has 1 rings (SSSR count). The zero-order valence-electron chi connectivity index (χ0n) is 10.8. The lowest BCUT2D eigenvalue weighted by molar-refractivity contribution is -0.138. The SMILES string of the molecule is CCNC(C)(CC(=O)O)c1cccc(OC(F)F)c1. The first-order chi connectivity index (χ1) is 8.87. The Balaban J connectivity index is 3.04. The van der Waals surface area contributed by atoms with E-state index in [2.05, 4.69) is 10.1 Å². The zero-order valence-corrected chi connectivity index (χ0v) is 10.8.